The van der Waals surface area contributed by atoms with Crippen LogP contribution in [0.4, 0.5) is 10.5 Å². The molecule has 2 rings (SSSR count). The second kappa shape index (κ2) is 7.60. The predicted octanol–water partition coefficient (Wildman–Crippen LogP) is 0.885. The molecule has 1 heterocycles. The van der Waals surface area contributed by atoms with E-state index in [1.165, 1.54) is 0 Å². The van der Waals surface area contributed by atoms with Crippen molar-refractivity contribution in [1.82, 2.24) is 10.6 Å². The first-order valence-corrected chi connectivity index (χ1v) is 9.39. The third-order valence-corrected chi connectivity index (χ3v) is 5.23. The Bertz CT molecular complexity index is 664. The van der Waals surface area contributed by atoms with Gasteiger partial charge in [-0.3, -0.25) is 0 Å². The molecule has 1 amide bonds. The second-order valence-corrected chi connectivity index (χ2v) is 7.68. The number of ether oxygens (including phenoxy) is 1. The minimum Gasteiger partial charge on any atom is -0.450 e. The SMILES string of the molecule is CCOC(=O)N[C@@H]1CS(=O)(=O)C[C@@H]1NC(=S)Nc1ccccc1. The highest BCUT2D eigenvalue weighted by molar-refractivity contribution is 7.91. The van der Waals surface area contributed by atoms with E-state index in [-0.39, 0.29) is 18.1 Å². The lowest BCUT2D eigenvalue weighted by Crippen LogP contribution is -2.51. The molecule has 1 aromatic carbocycles. The van der Waals surface area contributed by atoms with E-state index in [1.54, 1.807) is 6.92 Å². The van der Waals surface area contributed by atoms with E-state index >= 15 is 0 Å². The van der Waals surface area contributed by atoms with Crippen LogP contribution in [0.15, 0.2) is 30.3 Å². The quantitative estimate of drug-likeness (QED) is 0.689. The molecule has 7 nitrogen and oxygen atoms in total. The summed E-state index contributed by atoms with van der Waals surface area (Å²) in [6.07, 6.45) is -0.636. The summed E-state index contributed by atoms with van der Waals surface area (Å²) in [7, 11) is -3.24. The molecule has 0 unspecified atom stereocenters. The molecule has 0 spiro atoms. The summed E-state index contributed by atoms with van der Waals surface area (Å²) in [4.78, 5) is 11.5. The van der Waals surface area contributed by atoms with Gasteiger partial charge in [-0.15, -0.1) is 0 Å². The number of nitrogens with one attached hydrogen (secondary N) is 3. The zero-order chi connectivity index (χ0) is 16.9. The van der Waals surface area contributed by atoms with Gasteiger partial charge >= 0.3 is 6.09 Å². The van der Waals surface area contributed by atoms with Gasteiger partial charge in [0.05, 0.1) is 30.2 Å². The monoisotopic (exact) mass is 357 g/mol. The maximum atomic E-state index is 11.8. The number of amides is 1. The third-order valence-electron chi connectivity index (χ3n) is 3.28. The van der Waals surface area contributed by atoms with Crippen molar-refractivity contribution in [2.45, 2.75) is 19.0 Å². The molecule has 9 heteroatoms. The maximum absolute atomic E-state index is 11.8. The molecular formula is C14H19N3O4S2. The van der Waals surface area contributed by atoms with E-state index in [9.17, 15) is 13.2 Å². The number of carbonyl (C=O) groups excluding carboxylic acids is 1. The Balaban J connectivity index is 1.97. The van der Waals surface area contributed by atoms with Gasteiger partial charge in [0.25, 0.3) is 0 Å². The molecule has 126 valence electrons. The number of para-hydroxylation sites is 1. The van der Waals surface area contributed by atoms with Gasteiger partial charge in [0.1, 0.15) is 0 Å². The number of carbonyl (C=O) groups is 1. The Morgan fingerprint density at radius 3 is 2.43 bits per heavy atom. The summed E-state index contributed by atoms with van der Waals surface area (Å²) >= 11 is 5.20. The van der Waals surface area contributed by atoms with Crippen molar-refractivity contribution in [2.75, 3.05) is 23.4 Å². The average Bonchev–Trinajstić information content (AvgIpc) is 2.73. The number of rotatable bonds is 4. The summed E-state index contributed by atoms with van der Waals surface area (Å²) in [5, 5.41) is 8.79. The molecule has 1 aromatic rings. The lowest BCUT2D eigenvalue weighted by Gasteiger charge is -2.22. The van der Waals surface area contributed by atoms with Crippen molar-refractivity contribution in [1.29, 1.82) is 0 Å². The van der Waals surface area contributed by atoms with Crippen molar-refractivity contribution in [3.63, 3.8) is 0 Å². The normalized spacial score (nSPS) is 22.1. The molecule has 1 fully saturated rings. The summed E-state index contributed by atoms with van der Waals surface area (Å²) < 4.78 is 28.5. The highest BCUT2D eigenvalue weighted by Crippen LogP contribution is 2.14. The van der Waals surface area contributed by atoms with Crippen LogP contribution in [0.25, 0.3) is 0 Å². The Morgan fingerprint density at radius 2 is 1.83 bits per heavy atom. The summed E-state index contributed by atoms with van der Waals surface area (Å²) in [6.45, 7) is 1.90. The zero-order valence-corrected chi connectivity index (χ0v) is 14.2. The Kier molecular flexibility index (Phi) is 5.78. The van der Waals surface area contributed by atoms with Gasteiger partial charge in [0, 0.05) is 5.69 Å². The number of sulfone groups is 1. The zero-order valence-electron chi connectivity index (χ0n) is 12.6. The van der Waals surface area contributed by atoms with E-state index in [4.69, 9.17) is 17.0 Å². The third kappa shape index (κ3) is 5.36. The molecular weight excluding hydrogens is 338 g/mol. The molecule has 23 heavy (non-hydrogen) atoms. The molecule has 0 saturated carbocycles. The van der Waals surface area contributed by atoms with E-state index < -0.39 is 28.0 Å². The van der Waals surface area contributed by atoms with Crippen LogP contribution >= 0.6 is 12.2 Å². The predicted molar refractivity (Wildman–Crippen MR) is 92.2 cm³/mol. The Morgan fingerprint density at radius 1 is 1.22 bits per heavy atom. The highest BCUT2D eigenvalue weighted by Gasteiger charge is 2.39. The number of hydrogen-bond donors (Lipinski definition) is 3. The molecule has 0 radical (unpaired) electrons. The maximum Gasteiger partial charge on any atom is 0.407 e. The standard InChI is InChI=1S/C14H19N3O4S2/c1-2-21-14(18)17-12-9-23(19,20)8-11(12)16-13(22)15-10-6-4-3-5-7-10/h3-7,11-12H,2,8-9H2,1H3,(H,17,18)(H2,15,16,22)/t11-,12+/m0/s1. The summed E-state index contributed by atoms with van der Waals surface area (Å²) in [5.74, 6) is -0.238. The summed E-state index contributed by atoms with van der Waals surface area (Å²) in [6, 6.07) is 8.18. The first-order chi connectivity index (χ1) is 10.9. The Labute approximate surface area is 140 Å². The van der Waals surface area contributed by atoms with Crippen molar-refractivity contribution < 1.29 is 17.9 Å². The lowest BCUT2D eigenvalue weighted by atomic mass is 10.2. The minimum absolute atomic E-state index is 0.0965. The molecule has 3 N–H and O–H groups in total. The number of thiocarbonyl (C=S) groups is 1. The lowest BCUT2D eigenvalue weighted by molar-refractivity contribution is 0.148. The number of anilines is 1. The number of hydrogen-bond acceptors (Lipinski definition) is 5. The van der Waals surface area contributed by atoms with E-state index in [0.29, 0.717) is 5.11 Å². The van der Waals surface area contributed by atoms with Crippen LogP contribution in [-0.4, -0.2) is 49.8 Å². The van der Waals surface area contributed by atoms with Gasteiger partial charge < -0.3 is 20.7 Å². The fourth-order valence-electron chi connectivity index (χ4n) is 2.31. The van der Waals surface area contributed by atoms with Crippen LogP contribution in [0.1, 0.15) is 6.92 Å². The van der Waals surface area contributed by atoms with Gasteiger partial charge in [-0.25, -0.2) is 13.2 Å². The van der Waals surface area contributed by atoms with E-state index in [2.05, 4.69) is 16.0 Å². The van der Waals surface area contributed by atoms with Crippen LogP contribution in [0.2, 0.25) is 0 Å². The minimum atomic E-state index is -3.24. The molecule has 1 saturated heterocycles. The van der Waals surface area contributed by atoms with Crippen molar-refractivity contribution in [3.8, 4) is 0 Å². The summed E-state index contributed by atoms with van der Waals surface area (Å²) in [5.41, 5.74) is 0.792. The highest BCUT2D eigenvalue weighted by atomic mass is 32.2. The van der Waals surface area contributed by atoms with Crippen molar-refractivity contribution in [3.05, 3.63) is 30.3 Å². The van der Waals surface area contributed by atoms with Gasteiger partial charge in [-0.1, -0.05) is 18.2 Å². The fourth-order valence-corrected chi connectivity index (χ4v) is 4.44. The van der Waals surface area contributed by atoms with Crippen LogP contribution in [0, 0.1) is 0 Å². The average molecular weight is 357 g/mol. The van der Waals surface area contributed by atoms with Crippen LogP contribution in [0.3, 0.4) is 0 Å². The molecule has 1 aliphatic heterocycles. The van der Waals surface area contributed by atoms with Gasteiger partial charge in [0.15, 0.2) is 14.9 Å². The van der Waals surface area contributed by atoms with Gasteiger partial charge in [0.2, 0.25) is 0 Å². The molecule has 0 aliphatic carbocycles. The van der Waals surface area contributed by atoms with Crippen LogP contribution < -0.4 is 16.0 Å². The topological polar surface area (TPSA) is 96.5 Å². The number of alkyl carbamates (subject to hydrolysis) is 1. The van der Waals surface area contributed by atoms with Crippen molar-refractivity contribution >= 4 is 38.9 Å². The van der Waals surface area contributed by atoms with Crippen molar-refractivity contribution in [2.24, 2.45) is 0 Å². The first-order valence-electron chi connectivity index (χ1n) is 7.16. The Hall–Kier alpha value is -1.87. The molecule has 1 aliphatic rings. The van der Waals surface area contributed by atoms with E-state index in [1.807, 2.05) is 30.3 Å². The van der Waals surface area contributed by atoms with Crippen LogP contribution in [0.5, 0.6) is 0 Å². The van der Waals surface area contributed by atoms with Gasteiger partial charge in [-0.05, 0) is 31.3 Å². The largest absolute Gasteiger partial charge is 0.450 e. The molecule has 0 bridgehead atoms. The second-order valence-electron chi connectivity index (χ2n) is 5.12. The molecule has 2 atom stereocenters. The van der Waals surface area contributed by atoms with E-state index in [0.717, 1.165) is 5.69 Å². The molecule has 0 aromatic heterocycles. The first kappa shape index (κ1) is 17.5. The van der Waals surface area contributed by atoms with Gasteiger partial charge in [-0.2, -0.15) is 0 Å². The number of benzene rings is 1. The smallest absolute Gasteiger partial charge is 0.407 e. The van der Waals surface area contributed by atoms with Crippen LogP contribution in [-0.2, 0) is 14.6 Å². The fraction of sp³-hybridized carbons (Fsp3) is 0.429.